The zero-order valence-electron chi connectivity index (χ0n) is 6.24. The van der Waals surface area contributed by atoms with Crippen molar-refractivity contribution in [3.8, 4) is 5.75 Å². The second kappa shape index (κ2) is 3.45. The van der Waals surface area contributed by atoms with E-state index in [4.69, 9.17) is 4.74 Å². The Labute approximate surface area is 76.1 Å². The largest absolute Gasteiger partial charge is 0.482 e. The van der Waals surface area contributed by atoms with E-state index in [2.05, 4.69) is 5.32 Å². The second-order valence-corrected chi connectivity index (χ2v) is 2.33. The summed E-state index contributed by atoms with van der Waals surface area (Å²) in [5.74, 6) is 0.649. The van der Waals surface area contributed by atoms with Gasteiger partial charge in [-0.25, -0.2) is 0 Å². The number of carbonyl (C=O) groups is 1. The Bertz CT molecular complexity index is 301. The minimum Gasteiger partial charge on any atom is -0.482 e. The predicted octanol–water partition coefficient (Wildman–Crippen LogP) is 1.44. The van der Waals surface area contributed by atoms with Gasteiger partial charge in [0.15, 0.2) is 6.61 Å². The van der Waals surface area contributed by atoms with E-state index in [0.29, 0.717) is 0 Å². The average molecular weight is 186 g/mol. The summed E-state index contributed by atoms with van der Waals surface area (Å²) in [6.45, 7) is 0.122. The highest BCUT2D eigenvalue weighted by molar-refractivity contribution is 5.95. The van der Waals surface area contributed by atoms with Gasteiger partial charge in [0.05, 0.1) is 5.69 Å². The molecule has 0 bridgehead atoms. The van der Waals surface area contributed by atoms with Gasteiger partial charge in [-0.2, -0.15) is 0 Å². The number of benzene rings is 1. The summed E-state index contributed by atoms with van der Waals surface area (Å²) < 4.78 is 5.12. The molecule has 0 aromatic heterocycles. The molecule has 64 valence electrons. The molecule has 1 N–H and O–H groups in total. The van der Waals surface area contributed by atoms with Gasteiger partial charge in [0.1, 0.15) is 5.75 Å². The smallest absolute Gasteiger partial charge is 0.262 e. The van der Waals surface area contributed by atoms with Crippen LogP contribution in [0.15, 0.2) is 24.3 Å². The fourth-order valence-electron chi connectivity index (χ4n) is 1.03. The van der Waals surface area contributed by atoms with Gasteiger partial charge in [0.25, 0.3) is 5.91 Å². The standard InChI is InChI=1S/C8H7NO2.ClH/c10-8-5-11-7-4-2-1-3-6(7)9-8;/h1-4H,5H2,(H,9,10);1H. The van der Waals surface area contributed by atoms with Crippen LogP contribution in [0, 0.1) is 0 Å². The molecule has 0 spiro atoms. The van der Waals surface area contributed by atoms with Gasteiger partial charge in [-0.15, -0.1) is 12.4 Å². The number of fused-ring (bicyclic) bond motifs is 1. The van der Waals surface area contributed by atoms with Gasteiger partial charge in [-0.05, 0) is 12.1 Å². The van der Waals surface area contributed by atoms with Crippen LogP contribution >= 0.6 is 12.4 Å². The van der Waals surface area contributed by atoms with Crippen LogP contribution in [0.3, 0.4) is 0 Å². The predicted molar refractivity (Wildman–Crippen MR) is 47.8 cm³/mol. The molecule has 0 saturated heterocycles. The summed E-state index contributed by atoms with van der Waals surface area (Å²) in [7, 11) is 0. The van der Waals surface area contributed by atoms with Crippen LogP contribution in [0.25, 0.3) is 0 Å². The number of hydrogen-bond donors (Lipinski definition) is 1. The van der Waals surface area contributed by atoms with Crippen molar-refractivity contribution in [2.75, 3.05) is 11.9 Å². The first-order chi connectivity index (χ1) is 5.36. The molecule has 0 atom stereocenters. The lowest BCUT2D eigenvalue weighted by Crippen LogP contribution is -2.25. The summed E-state index contributed by atoms with van der Waals surface area (Å²) in [5, 5.41) is 2.70. The zero-order valence-corrected chi connectivity index (χ0v) is 7.06. The molecule has 1 heterocycles. The third-order valence-electron chi connectivity index (χ3n) is 1.52. The van der Waals surface area contributed by atoms with Crippen molar-refractivity contribution in [3.05, 3.63) is 24.3 Å². The minimum absolute atomic E-state index is 0. The average Bonchev–Trinajstić information content (AvgIpc) is 2.04. The maximum absolute atomic E-state index is 10.8. The van der Waals surface area contributed by atoms with E-state index in [1.54, 1.807) is 0 Å². The fraction of sp³-hybridized carbons (Fsp3) is 0.125. The van der Waals surface area contributed by atoms with Crippen LogP contribution in [0.5, 0.6) is 5.75 Å². The van der Waals surface area contributed by atoms with E-state index in [9.17, 15) is 4.79 Å². The lowest BCUT2D eigenvalue weighted by molar-refractivity contribution is -0.118. The summed E-state index contributed by atoms with van der Waals surface area (Å²) in [4.78, 5) is 10.8. The lowest BCUT2D eigenvalue weighted by atomic mass is 10.2. The van der Waals surface area contributed by atoms with Gasteiger partial charge < -0.3 is 10.1 Å². The Hall–Kier alpha value is -1.22. The van der Waals surface area contributed by atoms with Crippen LogP contribution in [0.2, 0.25) is 0 Å². The monoisotopic (exact) mass is 185 g/mol. The van der Waals surface area contributed by atoms with Crippen LogP contribution in [0.1, 0.15) is 0 Å². The van der Waals surface area contributed by atoms with Gasteiger partial charge in [0.2, 0.25) is 0 Å². The van der Waals surface area contributed by atoms with Crippen molar-refractivity contribution in [1.29, 1.82) is 0 Å². The summed E-state index contributed by atoms with van der Waals surface area (Å²) >= 11 is 0. The Morgan fingerprint density at radius 1 is 1.33 bits per heavy atom. The number of ether oxygens (including phenoxy) is 1. The third-order valence-corrected chi connectivity index (χ3v) is 1.52. The van der Waals surface area contributed by atoms with E-state index >= 15 is 0 Å². The quantitative estimate of drug-likeness (QED) is 0.664. The summed E-state index contributed by atoms with van der Waals surface area (Å²) in [6, 6.07) is 7.37. The SMILES string of the molecule is Cl.O=C1COc2ccccc2N1. The number of hydrogen-bond acceptors (Lipinski definition) is 2. The number of nitrogens with one attached hydrogen (secondary N) is 1. The first kappa shape index (κ1) is 8.87. The zero-order chi connectivity index (χ0) is 7.68. The Morgan fingerprint density at radius 2 is 2.08 bits per heavy atom. The molecule has 1 aliphatic rings. The molecule has 0 unspecified atom stereocenters. The molecule has 0 fully saturated rings. The molecule has 0 radical (unpaired) electrons. The molecular weight excluding hydrogens is 178 g/mol. The molecular formula is C8H8ClNO2. The minimum atomic E-state index is -0.0938. The number of amides is 1. The first-order valence-electron chi connectivity index (χ1n) is 3.38. The summed E-state index contributed by atoms with van der Waals surface area (Å²) in [5.41, 5.74) is 0.753. The molecule has 1 aromatic rings. The molecule has 0 saturated carbocycles. The van der Waals surface area contributed by atoms with E-state index in [-0.39, 0.29) is 24.9 Å². The molecule has 2 rings (SSSR count). The van der Waals surface area contributed by atoms with Gasteiger partial charge in [-0.1, -0.05) is 12.1 Å². The molecule has 4 heteroatoms. The van der Waals surface area contributed by atoms with Crippen LogP contribution in [-0.2, 0) is 4.79 Å². The second-order valence-electron chi connectivity index (χ2n) is 2.33. The number of rotatable bonds is 0. The molecule has 3 nitrogen and oxygen atoms in total. The highest BCUT2D eigenvalue weighted by Gasteiger charge is 2.13. The molecule has 0 aliphatic carbocycles. The van der Waals surface area contributed by atoms with Crippen LogP contribution in [-0.4, -0.2) is 12.5 Å². The maximum atomic E-state index is 10.8. The molecule has 12 heavy (non-hydrogen) atoms. The van der Waals surface area contributed by atoms with Gasteiger partial charge in [-0.3, -0.25) is 4.79 Å². The van der Waals surface area contributed by atoms with Crippen LogP contribution < -0.4 is 10.1 Å². The third kappa shape index (κ3) is 1.51. The van der Waals surface area contributed by atoms with Gasteiger partial charge in [0, 0.05) is 0 Å². The van der Waals surface area contributed by atoms with E-state index < -0.39 is 0 Å². The summed E-state index contributed by atoms with van der Waals surface area (Å²) in [6.07, 6.45) is 0. The normalized spacial score (nSPS) is 13.5. The van der Waals surface area contributed by atoms with Crippen molar-refractivity contribution in [2.24, 2.45) is 0 Å². The Balaban J connectivity index is 0.000000720. The highest BCUT2D eigenvalue weighted by atomic mass is 35.5. The molecule has 1 aromatic carbocycles. The van der Waals surface area contributed by atoms with E-state index in [1.807, 2.05) is 24.3 Å². The lowest BCUT2D eigenvalue weighted by Gasteiger charge is -2.16. The fourth-order valence-corrected chi connectivity index (χ4v) is 1.03. The number of halogens is 1. The van der Waals surface area contributed by atoms with E-state index in [0.717, 1.165) is 11.4 Å². The van der Waals surface area contributed by atoms with Crippen molar-refractivity contribution in [3.63, 3.8) is 0 Å². The highest BCUT2D eigenvalue weighted by Crippen LogP contribution is 2.25. The van der Waals surface area contributed by atoms with Crippen molar-refractivity contribution in [2.45, 2.75) is 0 Å². The number of para-hydroxylation sites is 2. The van der Waals surface area contributed by atoms with Crippen molar-refractivity contribution in [1.82, 2.24) is 0 Å². The van der Waals surface area contributed by atoms with Crippen LogP contribution in [0.4, 0.5) is 5.69 Å². The van der Waals surface area contributed by atoms with Crippen molar-refractivity contribution < 1.29 is 9.53 Å². The topological polar surface area (TPSA) is 38.3 Å². The molecule has 1 aliphatic heterocycles. The van der Waals surface area contributed by atoms with Gasteiger partial charge >= 0.3 is 0 Å². The Morgan fingerprint density at radius 3 is 2.92 bits per heavy atom. The Kier molecular flexibility index (Phi) is 2.55. The van der Waals surface area contributed by atoms with Crippen molar-refractivity contribution >= 4 is 24.0 Å². The number of carbonyl (C=O) groups excluding carboxylic acids is 1. The first-order valence-corrected chi connectivity index (χ1v) is 3.38. The molecule has 1 amide bonds. The van der Waals surface area contributed by atoms with E-state index in [1.165, 1.54) is 0 Å². The number of anilines is 1. The maximum Gasteiger partial charge on any atom is 0.262 e.